The lowest BCUT2D eigenvalue weighted by molar-refractivity contribution is 0.580. The number of hydrogen-bond acceptors (Lipinski definition) is 5. The van der Waals surface area contributed by atoms with Gasteiger partial charge in [0.05, 0.1) is 5.75 Å². The van der Waals surface area contributed by atoms with Crippen LogP contribution in [0.25, 0.3) is 0 Å². The molecule has 1 heterocycles. The molecule has 2 rings (SSSR count). The first-order valence-corrected chi connectivity index (χ1v) is 10.8. The van der Waals surface area contributed by atoms with Crippen molar-refractivity contribution in [1.82, 2.24) is 4.72 Å². The maximum atomic E-state index is 12.2. The van der Waals surface area contributed by atoms with Crippen molar-refractivity contribution in [3.8, 4) is 0 Å². The highest BCUT2D eigenvalue weighted by atomic mass is 32.2. The molecule has 1 fully saturated rings. The number of nitrogens with two attached hydrogens (primary N) is 1. The van der Waals surface area contributed by atoms with Crippen molar-refractivity contribution in [2.75, 3.05) is 23.8 Å². The summed E-state index contributed by atoms with van der Waals surface area (Å²) >= 11 is 8.67. The van der Waals surface area contributed by atoms with Gasteiger partial charge in [0.25, 0.3) is 0 Å². The molecule has 8 heteroatoms. The lowest BCUT2D eigenvalue weighted by Crippen LogP contribution is -2.34. The first kappa shape index (κ1) is 17.1. The highest BCUT2D eigenvalue weighted by Gasteiger charge is 2.19. The average Bonchev–Trinajstić information content (AvgIpc) is 2.46. The Labute approximate surface area is 139 Å². The Hall–Kier alpha value is -0.280. The van der Waals surface area contributed by atoms with Gasteiger partial charge in [0, 0.05) is 34.6 Å². The van der Waals surface area contributed by atoms with Gasteiger partial charge in [-0.1, -0.05) is 36.5 Å². The molecule has 0 bridgehead atoms. The maximum absolute atomic E-state index is 12.2. The first-order valence-electron chi connectivity index (χ1n) is 6.52. The van der Waals surface area contributed by atoms with Gasteiger partial charge in [-0.15, -0.1) is 0 Å². The van der Waals surface area contributed by atoms with E-state index in [1.54, 1.807) is 24.3 Å². The van der Waals surface area contributed by atoms with Crippen molar-refractivity contribution in [2.24, 2.45) is 5.73 Å². The van der Waals surface area contributed by atoms with Crippen molar-refractivity contribution in [1.29, 1.82) is 0 Å². The predicted octanol–water partition coefficient (Wildman–Crippen LogP) is 1.59. The number of thiocarbonyl (C=S) groups is 1. The summed E-state index contributed by atoms with van der Waals surface area (Å²) in [7, 11) is -3.38. The third kappa shape index (κ3) is 5.45. The number of rotatable bonds is 6. The smallest absolute Gasteiger partial charge is 0.215 e. The second-order valence-corrected chi connectivity index (χ2v) is 9.50. The van der Waals surface area contributed by atoms with E-state index in [2.05, 4.69) is 4.72 Å². The van der Waals surface area contributed by atoms with Crippen LogP contribution >= 0.6 is 35.7 Å². The third-order valence-electron chi connectivity index (χ3n) is 3.04. The molecule has 0 amide bonds. The van der Waals surface area contributed by atoms with Crippen LogP contribution in [0, 0.1) is 0 Å². The van der Waals surface area contributed by atoms with E-state index in [1.807, 2.05) is 23.5 Å². The molecule has 3 N–H and O–H groups in total. The van der Waals surface area contributed by atoms with Gasteiger partial charge in [0.15, 0.2) is 0 Å². The molecular weight excluding hydrogens is 344 g/mol. The second-order valence-electron chi connectivity index (χ2n) is 4.70. The quantitative estimate of drug-likeness (QED) is 0.749. The number of hydrogen-bond donors (Lipinski definition) is 2. The van der Waals surface area contributed by atoms with E-state index in [0.717, 1.165) is 17.3 Å². The zero-order valence-electron chi connectivity index (χ0n) is 11.4. The molecule has 21 heavy (non-hydrogen) atoms. The fourth-order valence-electron chi connectivity index (χ4n) is 2.02. The Kier molecular flexibility index (Phi) is 6.36. The standard InChI is InChI=1S/C13H18N2O2S4/c14-13(18)12-4-2-1-3-10(12)9-21(16,17)15-7-11-8-19-5-6-20-11/h1-4,11,15H,5-9H2,(H2,14,18). The molecule has 1 saturated heterocycles. The van der Waals surface area contributed by atoms with Crippen LogP contribution in [0.3, 0.4) is 0 Å². The van der Waals surface area contributed by atoms with Crippen molar-refractivity contribution >= 4 is 50.8 Å². The Morgan fingerprint density at radius 3 is 2.81 bits per heavy atom. The summed E-state index contributed by atoms with van der Waals surface area (Å²) in [5, 5.41) is 0.351. The summed E-state index contributed by atoms with van der Waals surface area (Å²) in [4.78, 5) is 0.222. The van der Waals surface area contributed by atoms with Crippen molar-refractivity contribution in [2.45, 2.75) is 11.0 Å². The molecule has 1 aliphatic rings. The Morgan fingerprint density at radius 1 is 1.38 bits per heavy atom. The van der Waals surface area contributed by atoms with Gasteiger partial charge >= 0.3 is 0 Å². The minimum absolute atomic E-state index is 0.0922. The molecule has 0 saturated carbocycles. The van der Waals surface area contributed by atoms with E-state index in [4.69, 9.17) is 18.0 Å². The van der Waals surface area contributed by atoms with Gasteiger partial charge in [-0.3, -0.25) is 0 Å². The number of thioether (sulfide) groups is 2. The van der Waals surface area contributed by atoms with E-state index in [9.17, 15) is 8.42 Å². The molecule has 1 unspecified atom stereocenters. The maximum Gasteiger partial charge on any atom is 0.215 e. The van der Waals surface area contributed by atoms with Crippen LogP contribution in [0.2, 0.25) is 0 Å². The fraction of sp³-hybridized carbons (Fsp3) is 0.462. The molecular formula is C13H18N2O2S4. The summed E-state index contributed by atoms with van der Waals surface area (Å²) in [6, 6.07) is 7.09. The molecule has 0 radical (unpaired) electrons. The molecule has 4 nitrogen and oxygen atoms in total. The Bertz CT molecular complexity index is 598. The topological polar surface area (TPSA) is 72.2 Å². The molecule has 116 valence electrons. The van der Waals surface area contributed by atoms with Gasteiger partial charge in [-0.05, 0) is 5.56 Å². The summed E-state index contributed by atoms with van der Waals surface area (Å²) in [6.07, 6.45) is 0. The average molecular weight is 363 g/mol. The second kappa shape index (κ2) is 7.82. The largest absolute Gasteiger partial charge is 0.389 e. The molecule has 1 atom stereocenters. The molecule has 1 aromatic rings. The van der Waals surface area contributed by atoms with E-state index in [1.165, 1.54) is 0 Å². The zero-order chi connectivity index (χ0) is 15.3. The lowest BCUT2D eigenvalue weighted by atomic mass is 10.1. The summed E-state index contributed by atoms with van der Waals surface area (Å²) in [6.45, 7) is 0.481. The van der Waals surface area contributed by atoms with Crippen molar-refractivity contribution < 1.29 is 8.42 Å². The van der Waals surface area contributed by atoms with Crippen molar-refractivity contribution in [3.63, 3.8) is 0 Å². The van der Waals surface area contributed by atoms with Gasteiger partial charge in [0.1, 0.15) is 4.99 Å². The predicted molar refractivity (Wildman–Crippen MR) is 96.5 cm³/mol. The highest BCUT2D eigenvalue weighted by molar-refractivity contribution is 8.06. The molecule has 0 spiro atoms. The summed E-state index contributed by atoms with van der Waals surface area (Å²) in [5.41, 5.74) is 6.90. The Morgan fingerprint density at radius 2 is 2.14 bits per heavy atom. The fourth-order valence-corrected chi connectivity index (χ4v) is 6.15. The van der Waals surface area contributed by atoms with Gasteiger partial charge in [-0.2, -0.15) is 23.5 Å². The van der Waals surface area contributed by atoms with E-state index in [0.29, 0.717) is 22.9 Å². The number of nitrogens with one attached hydrogen (secondary N) is 1. The van der Waals surface area contributed by atoms with Crippen molar-refractivity contribution in [3.05, 3.63) is 35.4 Å². The summed E-state index contributed by atoms with van der Waals surface area (Å²) in [5.74, 6) is 3.14. The van der Waals surface area contributed by atoms with Crippen LogP contribution in [0.5, 0.6) is 0 Å². The molecule has 1 aliphatic heterocycles. The zero-order valence-corrected chi connectivity index (χ0v) is 14.7. The number of sulfonamides is 1. The van der Waals surface area contributed by atoms with Gasteiger partial charge < -0.3 is 5.73 Å². The van der Waals surface area contributed by atoms with Gasteiger partial charge in [0.2, 0.25) is 10.0 Å². The van der Waals surface area contributed by atoms with Gasteiger partial charge in [-0.25, -0.2) is 13.1 Å². The minimum Gasteiger partial charge on any atom is -0.389 e. The molecule has 0 aromatic heterocycles. The number of benzene rings is 1. The van der Waals surface area contributed by atoms with E-state index >= 15 is 0 Å². The SMILES string of the molecule is NC(=S)c1ccccc1CS(=O)(=O)NCC1CSCCS1. The Balaban J connectivity index is 1.99. The highest BCUT2D eigenvalue weighted by Crippen LogP contribution is 2.23. The first-order chi connectivity index (χ1) is 9.98. The molecule has 1 aromatic carbocycles. The van der Waals surface area contributed by atoms with Crippen LogP contribution in [0.1, 0.15) is 11.1 Å². The minimum atomic E-state index is -3.38. The molecule has 0 aliphatic carbocycles. The van der Waals surface area contributed by atoms with Crippen LogP contribution in [0.15, 0.2) is 24.3 Å². The lowest BCUT2D eigenvalue weighted by Gasteiger charge is -2.21. The summed E-state index contributed by atoms with van der Waals surface area (Å²) < 4.78 is 27.1. The van der Waals surface area contributed by atoms with Crippen LogP contribution < -0.4 is 10.5 Å². The van der Waals surface area contributed by atoms with Crippen LogP contribution in [-0.2, 0) is 15.8 Å². The monoisotopic (exact) mass is 362 g/mol. The third-order valence-corrected chi connectivity index (χ3v) is 7.41. The van der Waals surface area contributed by atoms with E-state index < -0.39 is 10.0 Å². The van der Waals surface area contributed by atoms with E-state index in [-0.39, 0.29) is 10.7 Å². The normalized spacial score (nSPS) is 19.3. The van der Waals surface area contributed by atoms with Crippen LogP contribution in [0.4, 0.5) is 0 Å². The van der Waals surface area contributed by atoms with Crippen LogP contribution in [-0.4, -0.2) is 42.5 Å².